The number of nitrogens with one attached hydrogen (secondary N) is 1. The predicted molar refractivity (Wildman–Crippen MR) is 107 cm³/mol. The largest absolute Gasteiger partial charge is 0.368 e. The summed E-state index contributed by atoms with van der Waals surface area (Å²) in [6.07, 6.45) is 1.61. The minimum absolute atomic E-state index is 0.200. The number of nitrogens with zero attached hydrogens (tertiary/aromatic N) is 4. The number of hydrogen-bond acceptors (Lipinski definition) is 5. The van der Waals surface area contributed by atoms with Crippen molar-refractivity contribution in [3.05, 3.63) is 78.4 Å². The van der Waals surface area contributed by atoms with Gasteiger partial charge in [-0.25, -0.2) is 14.4 Å². The molecule has 0 radical (unpaired) electrons. The highest BCUT2D eigenvalue weighted by atomic mass is 19.1. The van der Waals surface area contributed by atoms with Gasteiger partial charge in [-0.15, -0.1) is 0 Å². The normalized spacial score (nSPS) is 14.3. The summed E-state index contributed by atoms with van der Waals surface area (Å²) in [5.74, 6) is 1.55. The Labute approximate surface area is 158 Å². The Morgan fingerprint density at radius 3 is 2.30 bits per heavy atom. The molecule has 0 bridgehead atoms. The highest BCUT2D eigenvalue weighted by Crippen LogP contribution is 2.21. The summed E-state index contributed by atoms with van der Waals surface area (Å²) in [6.45, 7) is 4.22. The van der Waals surface area contributed by atoms with Crippen molar-refractivity contribution in [2.75, 3.05) is 41.3 Å². The first-order valence-corrected chi connectivity index (χ1v) is 9.13. The quantitative estimate of drug-likeness (QED) is 0.751. The van der Waals surface area contributed by atoms with Crippen molar-refractivity contribution in [2.24, 2.45) is 0 Å². The van der Waals surface area contributed by atoms with Gasteiger partial charge in [0.2, 0.25) is 0 Å². The Hall–Kier alpha value is -3.15. The lowest BCUT2D eigenvalue weighted by Crippen LogP contribution is -2.46. The Morgan fingerprint density at radius 2 is 1.56 bits per heavy atom. The molecule has 0 unspecified atom stereocenters. The monoisotopic (exact) mass is 363 g/mol. The number of halogens is 1. The standard InChI is InChI=1S/C21H22FN5/c22-18-6-8-19(9-7-18)26-10-12-27(13-11-26)21-14-20(24-16-25-21)23-15-17-4-2-1-3-5-17/h1-9,14,16H,10-13,15H2,(H,23,24,25). The molecule has 2 heterocycles. The summed E-state index contributed by atoms with van der Waals surface area (Å²) in [6, 6.07) is 18.9. The maximum Gasteiger partial charge on any atom is 0.134 e. The van der Waals surface area contributed by atoms with Gasteiger partial charge in [-0.05, 0) is 29.8 Å². The van der Waals surface area contributed by atoms with E-state index in [0.717, 1.165) is 50.0 Å². The van der Waals surface area contributed by atoms with Gasteiger partial charge in [-0.3, -0.25) is 0 Å². The topological polar surface area (TPSA) is 44.3 Å². The van der Waals surface area contributed by atoms with Gasteiger partial charge in [0.05, 0.1) is 0 Å². The lowest BCUT2D eigenvalue weighted by Gasteiger charge is -2.36. The molecule has 4 rings (SSSR count). The average Bonchev–Trinajstić information content (AvgIpc) is 2.74. The number of piperazine rings is 1. The van der Waals surface area contributed by atoms with E-state index in [2.05, 4.69) is 37.2 Å². The number of benzene rings is 2. The molecule has 1 aliphatic heterocycles. The van der Waals surface area contributed by atoms with Crippen LogP contribution < -0.4 is 15.1 Å². The van der Waals surface area contributed by atoms with Crippen LogP contribution in [0.4, 0.5) is 21.7 Å². The summed E-state index contributed by atoms with van der Waals surface area (Å²) in [5, 5.41) is 3.36. The fraction of sp³-hybridized carbons (Fsp3) is 0.238. The van der Waals surface area contributed by atoms with Gasteiger partial charge in [0.25, 0.3) is 0 Å². The van der Waals surface area contributed by atoms with Crippen molar-refractivity contribution in [1.29, 1.82) is 0 Å². The van der Waals surface area contributed by atoms with Gasteiger partial charge in [-0.2, -0.15) is 0 Å². The molecule has 1 aliphatic rings. The molecule has 1 fully saturated rings. The van der Waals surface area contributed by atoms with E-state index >= 15 is 0 Å². The van der Waals surface area contributed by atoms with E-state index in [0.29, 0.717) is 0 Å². The Balaban J connectivity index is 1.36. The van der Waals surface area contributed by atoms with Crippen LogP contribution in [0.2, 0.25) is 0 Å². The maximum absolute atomic E-state index is 13.1. The molecular weight excluding hydrogens is 341 g/mol. The smallest absolute Gasteiger partial charge is 0.134 e. The van der Waals surface area contributed by atoms with Crippen LogP contribution in [-0.2, 0) is 6.54 Å². The van der Waals surface area contributed by atoms with E-state index in [1.165, 1.54) is 17.7 Å². The molecule has 3 aromatic rings. The third kappa shape index (κ3) is 4.34. The van der Waals surface area contributed by atoms with Crippen molar-refractivity contribution in [3.63, 3.8) is 0 Å². The van der Waals surface area contributed by atoms with E-state index in [1.54, 1.807) is 6.33 Å². The highest BCUT2D eigenvalue weighted by Gasteiger charge is 2.18. The number of anilines is 3. The molecule has 5 nitrogen and oxygen atoms in total. The molecule has 0 spiro atoms. The molecule has 1 aromatic heterocycles. The lowest BCUT2D eigenvalue weighted by molar-refractivity contribution is 0.624. The molecule has 0 aliphatic carbocycles. The van der Waals surface area contributed by atoms with Crippen molar-refractivity contribution in [2.45, 2.75) is 6.54 Å². The van der Waals surface area contributed by atoms with E-state index in [1.807, 2.05) is 36.4 Å². The fourth-order valence-electron chi connectivity index (χ4n) is 3.25. The number of hydrogen-bond donors (Lipinski definition) is 1. The molecule has 2 aromatic carbocycles. The van der Waals surface area contributed by atoms with Gasteiger partial charge in [0.1, 0.15) is 23.8 Å². The van der Waals surface area contributed by atoms with Crippen LogP contribution in [0.5, 0.6) is 0 Å². The first kappa shape index (κ1) is 17.3. The predicted octanol–water partition coefficient (Wildman–Crippen LogP) is 3.55. The first-order chi connectivity index (χ1) is 13.3. The summed E-state index contributed by atoms with van der Waals surface area (Å²) >= 11 is 0. The van der Waals surface area contributed by atoms with E-state index in [9.17, 15) is 4.39 Å². The summed E-state index contributed by atoms with van der Waals surface area (Å²) in [7, 11) is 0. The minimum Gasteiger partial charge on any atom is -0.368 e. The van der Waals surface area contributed by atoms with E-state index in [4.69, 9.17) is 0 Å². The van der Waals surface area contributed by atoms with Crippen molar-refractivity contribution >= 4 is 17.3 Å². The zero-order valence-electron chi connectivity index (χ0n) is 15.1. The molecule has 0 amide bonds. The van der Waals surface area contributed by atoms with Gasteiger partial charge < -0.3 is 15.1 Å². The second-order valence-electron chi connectivity index (χ2n) is 6.55. The van der Waals surface area contributed by atoms with E-state index < -0.39 is 0 Å². The zero-order chi connectivity index (χ0) is 18.5. The van der Waals surface area contributed by atoms with Crippen LogP contribution in [-0.4, -0.2) is 36.1 Å². The van der Waals surface area contributed by atoms with E-state index in [-0.39, 0.29) is 5.82 Å². The van der Waals surface area contributed by atoms with Crippen LogP contribution in [0.15, 0.2) is 67.0 Å². The Bertz CT molecular complexity index is 861. The third-order valence-electron chi connectivity index (χ3n) is 4.76. The highest BCUT2D eigenvalue weighted by molar-refractivity contribution is 5.52. The van der Waals surface area contributed by atoms with Crippen LogP contribution in [0.1, 0.15) is 5.56 Å². The third-order valence-corrected chi connectivity index (χ3v) is 4.76. The molecule has 0 atom stereocenters. The van der Waals surface area contributed by atoms with Gasteiger partial charge in [0.15, 0.2) is 0 Å². The maximum atomic E-state index is 13.1. The SMILES string of the molecule is Fc1ccc(N2CCN(c3cc(NCc4ccccc4)ncn3)CC2)cc1. The second-order valence-corrected chi connectivity index (χ2v) is 6.55. The van der Waals surface area contributed by atoms with Crippen molar-refractivity contribution < 1.29 is 4.39 Å². The molecule has 1 N–H and O–H groups in total. The van der Waals surface area contributed by atoms with Crippen LogP contribution in [0.25, 0.3) is 0 Å². The first-order valence-electron chi connectivity index (χ1n) is 9.13. The molecule has 138 valence electrons. The fourth-order valence-corrected chi connectivity index (χ4v) is 3.25. The van der Waals surface area contributed by atoms with Gasteiger partial charge in [-0.1, -0.05) is 30.3 Å². The molecular formula is C21H22FN5. The van der Waals surface area contributed by atoms with Crippen LogP contribution in [0, 0.1) is 5.82 Å². The summed E-state index contributed by atoms with van der Waals surface area (Å²) in [4.78, 5) is 13.3. The number of rotatable bonds is 5. The van der Waals surface area contributed by atoms with Crippen LogP contribution >= 0.6 is 0 Å². The van der Waals surface area contributed by atoms with Gasteiger partial charge >= 0.3 is 0 Å². The molecule has 6 heteroatoms. The van der Waals surface area contributed by atoms with Crippen molar-refractivity contribution in [3.8, 4) is 0 Å². The van der Waals surface area contributed by atoms with Gasteiger partial charge in [0, 0.05) is 44.5 Å². The summed E-state index contributed by atoms with van der Waals surface area (Å²) < 4.78 is 13.1. The van der Waals surface area contributed by atoms with Crippen molar-refractivity contribution in [1.82, 2.24) is 9.97 Å². The average molecular weight is 363 g/mol. The molecule has 1 saturated heterocycles. The van der Waals surface area contributed by atoms with Crippen LogP contribution in [0.3, 0.4) is 0 Å². The summed E-state index contributed by atoms with van der Waals surface area (Å²) in [5.41, 5.74) is 2.27. The number of aromatic nitrogens is 2. The Kier molecular flexibility index (Phi) is 5.14. The Morgan fingerprint density at radius 1 is 0.852 bits per heavy atom. The second kappa shape index (κ2) is 8.03. The molecule has 0 saturated carbocycles. The molecule has 27 heavy (non-hydrogen) atoms. The lowest BCUT2D eigenvalue weighted by atomic mass is 10.2. The zero-order valence-corrected chi connectivity index (χ0v) is 15.1. The minimum atomic E-state index is -0.200.